The lowest BCUT2D eigenvalue weighted by molar-refractivity contribution is 0.292. The lowest BCUT2D eigenvalue weighted by Gasteiger charge is -2.13. The average molecular weight is 342 g/mol. The van der Waals surface area contributed by atoms with Gasteiger partial charge in [0.25, 0.3) is 0 Å². The number of para-hydroxylation sites is 1. The summed E-state index contributed by atoms with van der Waals surface area (Å²) in [7, 11) is 1.83. The number of nitrogens with one attached hydrogen (secondary N) is 1. The molecule has 0 aliphatic heterocycles. The Morgan fingerprint density at radius 2 is 1.80 bits per heavy atom. The van der Waals surface area contributed by atoms with Crippen LogP contribution in [0.3, 0.4) is 0 Å². The molecule has 1 N–H and O–H groups in total. The van der Waals surface area contributed by atoms with Gasteiger partial charge in [0.05, 0.1) is 4.47 Å². The van der Waals surface area contributed by atoms with Gasteiger partial charge in [0.2, 0.25) is 0 Å². The Balaban J connectivity index is 2.20. The van der Waals surface area contributed by atoms with E-state index in [-0.39, 0.29) is 12.2 Å². The summed E-state index contributed by atoms with van der Waals surface area (Å²) in [6.07, 6.45) is 0. The first-order chi connectivity index (χ1) is 9.63. The molecule has 5 heteroatoms. The van der Waals surface area contributed by atoms with Crippen LogP contribution in [0.1, 0.15) is 11.1 Å². The number of hydrogen-bond donors (Lipinski definition) is 1. The highest BCUT2D eigenvalue weighted by Gasteiger charge is 2.11. The lowest BCUT2D eigenvalue weighted by Crippen LogP contribution is -2.08. The zero-order valence-electron chi connectivity index (χ0n) is 10.9. The van der Waals surface area contributed by atoms with Gasteiger partial charge in [-0.2, -0.15) is 0 Å². The van der Waals surface area contributed by atoms with Crippen LogP contribution in [0.2, 0.25) is 0 Å². The van der Waals surface area contributed by atoms with E-state index in [1.807, 2.05) is 25.2 Å². The molecule has 2 aromatic carbocycles. The predicted octanol–water partition coefficient (Wildman–Crippen LogP) is 4.03. The summed E-state index contributed by atoms with van der Waals surface area (Å²) >= 11 is 3.40. The molecule has 0 bridgehead atoms. The Morgan fingerprint density at radius 3 is 2.55 bits per heavy atom. The molecule has 0 aromatic heterocycles. The van der Waals surface area contributed by atoms with Crippen molar-refractivity contribution in [2.75, 3.05) is 7.05 Å². The molecule has 0 radical (unpaired) electrons. The molecule has 0 fully saturated rings. The summed E-state index contributed by atoms with van der Waals surface area (Å²) in [5.74, 6) is -1.10. The number of ether oxygens (including phenoxy) is 1. The van der Waals surface area contributed by atoms with Crippen LogP contribution in [0.4, 0.5) is 8.78 Å². The van der Waals surface area contributed by atoms with E-state index in [0.717, 1.165) is 16.1 Å². The molecular weight excluding hydrogens is 328 g/mol. The molecule has 2 rings (SSSR count). The van der Waals surface area contributed by atoms with Crippen LogP contribution < -0.4 is 10.1 Å². The molecule has 0 heterocycles. The zero-order chi connectivity index (χ0) is 14.5. The fraction of sp³-hybridized carbons (Fsp3) is 0.200. The van der Waals surface area contributed by atoms with Gasteiger partial charge in [-0.1, -0.05) is 24.3 Å². The minimum atomic E-state index is -0.867. The predicted molar refractivity (Wildman–Crippen MR) is 77.6 cm³/mol. The van der Waals surface area contributed by atoms with E-state index in [1.54, 1.807) is 0 Å². The van der Waals surface area contributed by atoms with E-state index in [4.69, 9.17) is 4.74 Å². The van der Waals surface area contributed by atoms with Crippen molar-refractivity contribution in [2.45, 2.75) is 13.2 Å². The van der Waals surface area contributed by atoms with E-state index >= 15 is 0 Å². The highest BCUT2D eigenvalue weighted by Crippen LogP contribution is 2.30. The molecule has 0 amide bonds. The van der Waals surface area contributed by atoms with Gasteiger partial charge in [-0.3, -0.25) is 0 Å². The first-order valence-corrected chi connectivity index (χ1v) is 6.90. The van der Waals surface area contributed by atoms with Gasteiger partial charge in [-0.15, -0.1) is 0 Å². The fourth-order valence-electron chi connectivity index (χ4n) is 1.85. The van der Waals surface area contributed by atoms with Gasteiger partial charge in [0.15, 0.2) is 11.6 Å². The normalized spacial score (nSPS) is 10.6. The van der Waals surface area contributed by atoms with Crippen molar-refractivity contribution in [1.82, 2.24) is 5.32 Å². The number of rotatable bonds is 5. The largest absolute Gasteiger partial charge is 0.487 e. The van der Waals surface area contributed by atoms with Crippen molar-refractivity contribution in [1.29, 1.82) is 0 Å². The Hall–Kier alpha value is -1.46. The van der Waals surface area contributed by atoms with Crippen LogP contribution in [0.25, 0.3) is 0 Å². The summed E-state index contributed by atoms with van der Waals surface area (Å²) in [5.41, 5.74) is 1.13. The second-order valence-electron chi connectivity index (χ2n) is 4.26. The third-order valence-corrected chi connectivity index (χ3v) is 3.44. The summed E-state index contributed by atoms with van der Waals surface area (Å²) < 4.78 is 33.1. The Labute approximate surface area is 124 Å². The van der Waals surface area contributed by atoms with Gasteiger partial charge in [-0.25, -0.2) is 8.78 Å². The topological polar surface area (TPSA) is 21.3 Å². The lowest BCUT2D eigenvalue weighted by atomic mass is 10.2. The standard InChI is InChI=1S/C15H14BrF2NO/c1-19-8-10-4-2-6-12(16)15(10)20-9-11-5-3-7-13(17)14(11)18/h2-7,19H,8-9H2,1H3. The molecule has 0 saturated heterocycles. The van der Waals surface area contributed by atoms with E-state index in [2.05, 4.69) is 21.2 Å². The third kappa shape index (κ3) is 3.35. The summed E-state index contributed by atoms with van der Waals surface area (Å²) in [6.45, 7) is 0.601. The Kier molecular flexibility index (Phi) is 5.09. The van der Waals surface area contributed by atoms with Gasteiger partial charge >= 0.3 is 0 Å². The molecule has 0 unspecified atom stereocenters. The molecule has 20 heavy (non-hydrogen) atoms. The molecule has 106 valence electrons. The summed E-state index contributed by atoms with van der Waals surface area (Å²) in [5, 5.41) is 3.04. The maximum Gasteiger partial charge on any atom is 0.165 e. The highest BCUT2D eigenvalue weighted by molar-refractivity contribution is 9.10. The quantitative estimate of drug-likeness (QED) is 0.886. The molecular formula is C15H14BrF2NO. The van der Waals surface area contributed by atoms with E-state index in [1.165, 1.54) is 12.1 Å². The third-order valence-electron chi connectivity index (χ3n) is 2.82. The summed E-state index contributed by atoms with van der Waals surface area (Å²) in [6, 6.07) is 9.71. The van der Waals surface area contributed by atoms with Crippen molar-refractivity contribution < 1.29 is 13.5 Å². The van der Waals surface area contributed by atoms with Crippen molar-refractivity contribution in [2.24, 2.45) is 0 Å². The van der Waals surface area contributed by atoms with Gasteiger partial charge < -0.3 is 10.1 Å². The molecule has 2 nitrogen and oxygen atoms in total. The molecule has 0 aliphatic carbocycles. The maximum absolute atomic E-state index is 13.6. The van der Waals surface area contributed by atoms with E-state index in [9.17, 15) is 8.78 Å². The van der Waals surface area contributed by atoms with Gasteiger partial charge in [0.1, 0.15) is 12.4 Å². The van der Waals surface area contributed by atoms with Crippen molar-refractivity contribution in [3.8, 4) is 5.75 Å². The van der Waals surface area contributed by atoms with Crippen LogP contribution in [0, 0.1) is 11.6 Å². The highest BCUT2D eigenvalue weighted by atomic mass is 79.9. The summed E-state index contributed by atoms with van der Waals surface area (Å²) in [4.78, 5) is 0. The number of benzene rings is 2. The number of hydrogen-bond acceptors (Lipinski definition) is 2. The fourth-order valence-corrected chi connectivity index (χ4v) is 2.38. The minimum absolute atomic E-state index is 0.0249. The van der Waals surface area contributed by atoms with Gasteiger partial charge in [0, 0.05) is 17.7 Å². The molecule has 2 aromatic rings. The van der Waals surface area contributed by atoms with Crippen LogP contribution in [-0.2, 0) is 13.2 Å². The molecule has 0 saturated carbocycles. The second-order valence-corrected chi connectivity index (χ2v) is 5.11. The van der Waals surface area contributed by atoms with Crippen LogP contribution in [0.15, 0.2) is 40.9 Å². The zero-order valence-corrected chi connectivity index (χ0v) is 12.5. The van der Waals surface area contributed by atoms with Crippen molar-refractivity contribution >= 4 is 15.9 Å². The molecule has 0 aliphatic rings. The monoisotopic (exact) mass is 341 g/mol. The van der Waals surface area contributed by atoms with E-state index < -0.39 is 11.6 Å². The van der Waals surface area contributed by atoms with Crippen LogP contribution in [0.5, 0.6) is 5.75 Å². The molecule has 0 atom stereocenters. The van der Waals surface area contributed by atoms with Gasteiger partial charge in [-0.05, 0) is 35.1 Å². The number of halogens is 3. The van der Waals surface area contributed by atoms with Crippen molar-refractivity contribution in [3.63, 3.8) is 0 Å². The SMILES string of the molecule is CNCc1cccc(Br)c1OCc1cccc(F)c1F. The first-order valence-electron chi connectivity index (χ1n) is 6.11. The van der Waals surface area contributed by atoms with Crippen LogP contribution >= 0.6 is 15.9 Å². The van der Waals surface area contributed by atoms with Crippen LogP contribution in [-0.4, -0.2) is 7.05 Å². The Bertz CT molecular complexity index is 604. The first kappa shape index (κ1) is 14.9. The minimum Gasteiger partial charge on any atom is -0.487 e. The maximum atomic E-state index is 13.6. The van der Waals surface area contributed by atoms with E-state index in [0.29, 0.717) is 12.3 Å². The average Bonchev–Trinajstić information content (AvgIpc) is 2.43. The van der Waals surface area contributed by atoms with Crippen molar-refractivity contribution in [3.05, 3.63) is 63.6 Å². The second kappa shape index (κ2) is 6.81. The Morgan fingerprint density at radius 1 is 1.10 bits per heavy atom. The molecule has 0 spiro atoms. The smallest absolute Gasteiger partial charge is 0.165 e.